The van der Waals surface area contributed by atoms with E-state index in [0.29, 0.717) is 12.1 Å². The first-order chi connectivity index (χ1) is 9.58. The summed E-state index contributed by atoms with van der Waals surface area (Å²) in [7, 11) is 3.81. The lowest BCUT2D eigenvalue weighted by molar-refractivity contribution is 0.100. The molecule has 118 valence electrons. The summed E-state index contributed by atoms with van der Waals surface area (Å²) in [6.07, 6.45) is 2.31. The van der Waals surface area contributed by atoms with Crippen molar-refractivity contribution in [2.24, 2.45) is 10.7 Å². The Balaban J connectivity index is 0.00000400. The van der Waals surface area contributed by atoms with Crippen LogP contribution in [0.5, 0.6) is 0 Å². The fraction of sp³-hybridized carbons (Fsp3) is 0.467. The van der Waals surface area contributed by atoms with Gasteiger partial charge in [0, 0.05) is 32.7 Å². The maximum absolute atomic E-state index is 11.0. The highest BCUT2D eigenvalue weighted by atomic mass is 127. The number of hydrogen-bond donors (Lipinski definition) is 2. The molecule has 0 aliphatic heterocycles. The van der Waals surface area contributed by atoms with Gasteiger partial charge in [-0.25, -0.2) is 0 Å². The van der Waals surface area contributed by atoms with Crippen molar-refractivity contribution in [3.8, 4) is 0 Å². The summed E-state index contributed by atoms with van der Waals surface area (Å²) in [5.41, 5.74) is 6.82. The van der Waals surface area contributed by atoms with Gasteiger partial charge in [-0.3, -0.25) is 9.79 Å². The number of primary amides is 1. The Bertz CT molecular complexity index is 459. The lowest BCUT2D eigenvalue weighted by Gasteiger charge is -2.21. The maximum Gasteiger partial charge on any atom is 0.248 e. The number of nitrogens with zero attached hydrogens (tertiary/aromatic N) is 2. The Kier molecular flexibility index (Phi) is 9.77. The van der Waals surface area contributed by atoms with Gasteiger partial charge in [0.15, 0.2) is 5.96 Å². The van der Waals surface area contributed by atoms with Crippen LogP contribution < -0.4 is 11.1 Å². The molecule has 5 nitrogen and oxygen atoms in total. The summed E-state index contributed by atoms with van der Waals surface area (Å²) in [5.74, 6) is 0.469. The predicted octanol–water partition coefficient (Wildman–Crippen LogP) is 2.21. The van der Waals surface area contributed by atoms with E-state index in [0.717, 1.165) is 30.9 Å². The van der Waals surface area contributed by atoms with Gasteiger partial charge in [0.25, 0.3) is 0 Å². The van der Waals surface area contributed by atoms with Gasteiger partial charge in [0.1, 0.15) is 0 Å². The molecule has 1 aromatic carbocycles. The molecular formula is C15H25IN4O. The molecule has 0 heterocycles. The van der Waals surface area contributed by atoms with E-state index in [2.05, 4.69) is 22.1 Å². The number of benzene rings is 1. The number of carbonyl (C=O) groups is 1. The SMILES string of the molecule is CCCCN(C)C(=NC)NCc1ccc(C(N)=O)cc1.I. The minimum atomic E-state index is -0.403. The first-order valence-electron chi connectivity index (χ1n) is 6.89. The fourth-order valence-corrected chi connectivity index (χ4v) is 1.85. The molecule has 0 radical (unpaired) electrons. The van der Waals surface area contributed by atoms with Crippen LogP contribution in [0.1, 0.15) is 35.7 Å². The standard InChI is InChI=1S/C15H24N4O.HI/c1-4-5-10-19(3)15(17-2)18-11-12-6-8-13(9-7-12)14(16)20;/h6-9H,4-5,10-11H2,1-3H3,(H2,16,20)(H,17,18);1H. The second-order valence-corrected chi connectivity index (χ2v) is 4.74. The quantitative estimate of drug-likeness (QED) is 0.434. The van der Waals surface area contributed by atoms with Gasteiger partial charge in [-0.15, -0.1) is 24.0 Å². The molecule has 0 aliphatic rings. The zero-order valence-corrected chi connectivity index (χ0v) is 15.3. The molecule has 1 rings (SSSR count). The van der Waals surface area contributed by atoms with E-state index in [4.69, 9.17) is 5.73 Å². The number of halogens is 1. The molecule has 0 spiro atoms. The van der Waals surface area contributed by atoms with Crippen molar-refractivity contribution in [2.75, 3.05) is 20.6 Å². The Labute approximate surface area is 144 Å². The largest absolute Gasteiger partial charge is 0.366 e. The van der Waals surface area contributed by atoms with Gasteiger partial charge in [0.05, 0.1) is 0 Å². The molecule has 21 heavy (non-hydrogen) atoms. The molecule has 0 aromatic heterocycles. The number of nitrogens with one attached hydrogen (secondary N) is 1. The second-order valence-electron chi connectivity index (χ2n) is 4.74. The normalized spacial score (nSPS) is 10.7. The number of aliphatic imine (C=N–C) groups is 1. The lowest BCUT2D eigenvalue weighted by atomic mass is 10.1. The first kappa shape index (κ1) is 19.7. The molecule has 0 atom stereocenters. The van der Waals surface area contributed by atoms with E-state index in [1.54, 1.807) is 19.2 Å². The van der Waals surface area contributed by atoms with Crippen molar-refractivity contribution in [2.45, 2.75) is 26.3 Å². The van der Waals surface area contributed by atoms with Crippen molar-refractivity contribution in [1.82, 2.24) is 10.2 Å². The Hall–Kier alpha value is -1.31. The van der Waals surface area contributed by atoms with E-state index in [-0.39, 0.29) is 24.0 Å². The van der Waals surface area contributed by atoms with Crippen molar-refractivity contribution in [1.29, 1.82) is 0 Å². The molecular weight excluding hydrogens is 379 g/mol. The highest BCUT2D eigenvalue weighted by Gasteiger charge is 2.05. The summed E-state index contributed by atoms with van der Waals surface area (Å²) in [4.78, 5) is 17.4. The van der Waals surface area contributed by atoms with Crippen LogP contribution in [0.2, 0.25) is 0 Å². The lowest BCUT2D eigenvalue weighted by Crippen LogP contribution is -2.38. The molecule has 0 bridgehead atoms. The number of guanidine groups is 1. The number of carbonyl (C=O) groups excluding carboxylic acids is 1. The van der Waals surface area contributed by atoms with E-state index in [1.165, 1.54) is 0 Å². The van der Waals surface area contributed by atoms with Crippen LogP contribution in [0.4, 0.5) is 0 Å². The van der Waals surface area contributed by atoms with Crippen molar-refractivity contribution >= 4 is 35.8 Å². The average molecular weight is 404 g/mol. The third-order valence-electron chi connectivity index (χ3n) is 3.11. The molecule has 0 fully saturated rings. The molecule has 6 heteroatoms. The van der Waals surface area contributed by atoms with Gasteiger partial charge in [-0.2, -0.15) is 0 Å². The molecule has 0 aliphatic carbocycles. The van der Waals surface area contributed by atoms with E-state index in [1.807, 2.05) is 19.2 Å². The highest BCUT2D eigenvalue weighted by Crippen LogP contribution is 2.04. The Morgan fingerprint density at radius 1 is 1.33 bits per heavy atom. The summed E-state index contributed by atoms with van der Waals surface area (Å²) >= 11 is 0. The molecule has 0 saturated heterocycles. The van der Waals surface area contributed by atoms with Crippen LogP contribution in [0, 0.1) is 0 Å². The van der Waals surface area contributed by atoms with Gasteiger partial charge >= 0.3 is 0 Å². The van der Waals surface area contributed by atoms with Crippen molar-refractivity contribution in [3.63, 3.8) is 0 Å². The van der Waals surface area contributed by atoms with E-state index < -0.39 is 5.91 Å². The zero-order chi connectivity index (χ0) is 15.0. The summed E-state index contributed by atoms with van der Waals surface area (Å²) in [6, 6.07) is 7.27. The summed E-state index contributed by atoms with van der Waals surface area (Å²) in [5, 5.41) is 3.30. The Morgan fingerprint density at radius 2 is 1.95 bits per heavy atom. The number of amides is 1. The molecule has 1 amide bonds. The monoisotopic (exact) mass is 404 g/mol. The van der Waals surface area contributed by atoms with Crippen LogP contribution in [0.25, 0.3) is 0 Å². The number of hydrogen-bond acceptors (Lipinski definition) is 2. The Morgan fingerprint density at radius 3 is 2.43 bits per heavy atom. The van der Waals surface area contributed by atoms with E-state index >= 15 is 0 Å². The number of nitrogens with two attached hydrogens (primary N) is 1. The predicted molar refractivity (Wildman–Crippen MR) is 98.1 cm³/mol. The third-order valence-corrected chi connectivity index (χ3v) is 3.11. The molecule has 0 unspecified atom stereocenters. The molecule has 3 N–H and O–H groups in total. The van der Waals surface area contributed by atoms with Crippen LogP contribution in [0.15, 0.2) is 29.3 Å². The minimum absolute atomic E-state index is 0. The average Bonchev–Trinajstić information content (AvgIpc) is 2.46. The second kappa shape index (κ2) is 10.4. The summed E-state index contributed by atoms with van der Waals surface area (Å²) < 4.78 is 0. The maximum atomic E-state index is 11.0. The third kappa shape index (κ3) is 6.79. The first-order valence-corrected chi connectivity index (χ1v) is 6.89. The number of unbranched alkanes of at least 4 members (excludes halogenated alkanes) is 1. The van der Waals surface area contributed by atoms with Gasteiger partial charge in [-0.05, 0) is 24.1 Å². The van der Waals surface area contributed by atoms with Crippen molar-refractivity contribution in [3.05, 3.63) is 35.4 Å². The van der Waals surface area contributed by atoms with Crippen LogP contribution in [-0.2, 0) is 6.54 Å². The van der Waals surface area contributed by atoms with Gasteiger partial charge in [0.2, 0.25) is 5.91 Å². The van der Waals surface area contributed by atoms with E-state index in [9.17, 15) is 4.79 Å². The molecule has 1 aromatic rings. The molecule has 0 saturated carbocycles. The fourth-order valence-electron chi connectivity index (χ4n) is 1.85. The van der Waals surface area contributed by atoms with Gasteiger partial charge in [-0.1, -0.05) is 25.5 Å². The highest BCUT2D eigenvalue weighted by molar-refractivity contribution is 14.0. The minimum Gasteiger partial charge on any atom is -0.366 e. The summed E-state index contributed by atoms with van der Waals surface area (Å²) in [6.45, 7) is 3.82. The van der Waals surface area contributed by atoms with Crippen LogP contribution in [0.3, 0.4) is 0 Å². The van der Waals surface area contributed by atoms with Gasteiger partial charge < -0.3 is 16.0 Å². The van der Waals surface area contributed by atoms with Crippen LogP contribution >= 0.6 is 24.0 Å². The van der Waals surface area contributed by atoms with Crippen LogP contribution in [-0.4, -0.2) is 37.4 Å². The smallest absolute Gasteiger partial charge is 0.248 e. The zero-order valence-electron chi connectivity index (χ0n) is 12.9. The number of rotatable bonds is 6. The topological polar surface area (TPSA) is 70.7 Å². The van der Waals surface area contributed by atoms with Crippen molar-refractivity contribution < 1.29 is 4.79 Å².